The quantitative estimate of drug-likeness (QED) is 0.869. The van der Waals surface area contributed by atoms with Gasteiger partial charge in [0, 0.05) is 18.0 Å². The molecule has 96 valence electrons. The van der Waals surface area contributed by atoms with Gasteiger partial charge in [-0.05, 0) is 31.5 Å². The molecule has 5 heteroatoms. The highest BCUT2D eigenvalue weighted by molar-refractivity contribution is 7.14. The summed E-state index contributed by atoms with van der Waals surface area (Å²) in [6, 6.07) is 4.24. The Labute approximate surface area is 111 Å². The lowest BCUT2D eigenvalue weighted by atomic mass is 10.2. The highest BCUT2D eigenvalue weighted by Gasteiger charge is 2.14. The maximum atomic E-state index is 4.29. The van der Waals surface area contributed by atoms with E-state index in [1.54, 1.807) is 17.5 Å². The Morgan fingerprint density at radius 1 is 1.33 bits per heavy atom. The van der Waals surface area contributed by atoms with Crippen molar-refractivity contribution in [2.24, 2.45) is 0 Å². The average molecular weight is 262 g/mol. The first-order valence-corrected chi connectivity index (χ1v) is 7.14. The summed E-state index contributed by atoms with van der Waals surface area (Å²) in [5, 5.41) is 14.0. The minimum absolute atomic E-state index is 0.313. The molecule has 1 unspecified atom stereocenters. The predicted octanol–water partition coefficient (Wildman–Crippen LogP) is 3.05. The molecule has 2 aromatic rings. The fourth-order valence-electron chi connectivity index (χ4n) is 1.71. The maximum Gasteiger partial charge on any atom is 0.149 e. The Bertz CT molecular complexity index is 469. The van der Waals surface area contributed by atoms with Crippen molar-refractivity contribution in [3.8, 4) is 10.6 Å². The zero-order valence-electron chi connectivity index (χ0n) is 10.8. The largest absolute Gasteiger partial charge is 0.308 e. The first-order chi connectivity index (χ1) is 8.85. The molecule has 1 N–H and O–H groups in total. The molecule has 2 rings (SSSR count). The van der Waals surface area contributed by atoms with Gasteiger partial charge in [-0.3, -0.25) is 4.98 Å². The van der Waals surface area contributed by atoms with Gasteiger partial charge in [0.2, 0.25) is 0 Å². The first-order valence-electron chi connectivity index (χ1n) is 6.32. The van der Waals surface area contributed by atoms with Crippen LogP contribution >= 0.6 is 11.3 Å². The number of hydrogen-bond acceptors (Lipinski definition) is 5. The van der Waals surface area contributed by atoms with E-state index in [0.717, 1.165) is 35.0 Å². The number of rotatable bonds is 6. The molecule has 0 aliphatic heterocycles. The molecule has 2 aromatic heterocycles. The maximum absolute atomic E-state index is 4.29. The molecular weight excluding hydrogens is 244 g/mol. The normalized spacial score (nSPS) is 12.6. The third kappa shape index (κ3) is 3.11. The van der Waals surface area contributed by atoms with Crippen LogP contribution in [0.2, 0.25) is 0 Å². The van der Waals surface area contributed by atoms with Crippen LogP contribution in [-0.4, -0.2) is 21.7 Å². The lowest BCUT2D eigenvalue weighted by Gasteiger charge is -2.12. The Hall–Kier alpha value is -1.33. The molecule has 18 heavy (non-hydrogen) atoms. The molecule has 0 saturated carbocycles. The van der Waals surface area contributed by atoms with Crippen LogP contribution in [-0.2, 0) is 0 Å². The molecule has 2 heterocycles. The SMILES string of the molecule is CCCNC(CC)c1nnc(-c2cccnc2)s1. The van der Waals surface area contributed by atoms with E-state index >= 15 is 0 Å². The van der Waals surface area contributed by atoms with E-state index < -0.39 is 0 Å². The number of hydrogen-bond donors (Lipinski definition) is 1. The first kappa shape index (κ1) is 13.1. The van der Waals surface area contributed by atoms with Gasteiger partial charge in [0.25, 0.3) is 0 Å². The van der Waals surface area contributed by atoms with Gasteiger partial charge in [-0.15, -0.1) is 10.2 Å². The van der Waals surface area contributed by atoms with Crippen molar-refractivity contribution >= 4 is 11.3 Å². The molecule has 0 radical (unpaired) electrons. The van der Waals surface area contributed by atoms with Crippen molar-refractivity contribution < 1.29 is 0 Å². The minimum atomic E-state index is 0.313. The third-order valence-electron chi connectivity index (χ3n) is 2.70. The average Bonchev–Trinajstić information content (AvgIpc) is 2.90. The molecule has 0 fully saturated rings. The molecule has 0 amide bonds. The van der Waals surface area contributed by atoms with Crippen molar-refractivity contribution in [1.82, 2.24) is 20.5 Å². The Morgan fingerprint density at radius 3 is 2.89 bits per heavy atom. The summed E-state index contributed by atoms with van der Waals surface area (Å²) >= 11 is 1.64. The van der Waals surface area contributed by atoms with Crippen molar-refractivity contribution in [2.75, 3.05) is 6.54 Å². The van der Waals surface area contributed by atoms with E-state index in [0.29, 0.717) is 6.04 Å². The Kier molecular flexibility index (Phi) is 4.78. The second-order valence-corrected chi connectivity index (χ2v) is 5.11. The Morgan fingerprint density at radius 2 is 2.22 bits per heavy atom. The van der Waals surface area contributed by atoms with Gasteiger partial charge in [-0.2, -0.15) is 0 Å². The van der Waals surface area contributed by atoms with Gasteiger partial charge in [-0.1, -0.05) is 25.2 Å². The van der Waals surface area contributed by atoms with Crippen LogP contribution in [0.25, 0.3) is 10.6 Å². The lowest BCUT2D eigenvalue weighted by molar-refractivity contribution is 0.513. The second-order valence-electron chi connectivity index (χ2n) is 4.10. The van der Waals surface area contributed by atoms with Crippen LogP contribution in [0.4, 0.5) is 0 Å². The summed E-state index contributed by atoms with van der Waals surface area (Å²) in [5.74, 6) is 0. The smallest absolute Gasteiger partial charge is 0.149 e. The number of nitrogens with one attached hydrogen (secondary N) is 1. The van der Waals surface area contributed by atoms with E-state index in [1.807, 2.05) is 18.3 Å². The van der Waals surface area contributed by atoms with E-state index in [1.165, 1.54) is 0 Å². The summed E-state index contributed by atoms with van der Waals surface area (Å²) in [4.78, 5) is 4.11. The zero-order chi connectivity index (χ0) is 12.8. The number of pyridine rings is 1. The van der Waals surface area contributed by atoms with E-state index in [2.05, 4.69) is 34.3 Å². The monoisotopic (exact) mass is 262 g/mol. The molecular formula is C13H18N4S. The fourth-order valence-corrected chi connectivity index (χ4v) is 2.70. The van der Waals surface area contributed by atoms with Crippen LogP contribution in [0.1, 0.15) is 37.7 Å². The second kappa shape index (κ2) is 6.56. The van der Waals surface area contributed by atoms with Gasteiger partial charge in [0.1, 0.15) is 10.0 Å². The standard InChI is InChI=1S/C13H18N4S/c1-3-7-15-11(4-2)13-17-16-12(18-13)10-6-5-8-14-9-10/h5-6,8-9,11,15H,3-4,7H2,1-2H3. The van der Waals surface area contributed by atoms with Crippen LogP contribution in [0, 0.1) is 0 Å². The summed E-state index contributed by atoms with van der Waals surface area (Å²) in [7, 11) is 0. The predicted molar refractivity (Wildman–Crippen MR) is 74.5 cm³/mol. The molecule has 1 atom stereocenters. The number of aromatic nitrogens is 3. The van der Waals surface area contributed by atoms with Gasteiger partial charge >= 0.3 is 0 Å². The summed E-state index contributed by atoms with van der Waals surface area (Å²) in [5.41, 5.74) is 1.03. The summed E-state index contributed by atoms with van der Waals surface area (Å²) in [6.45, 7) is 5.35. The van der Waals surface area contributed by atoms with Gasteiger partial charge in [-0.25, -0.2) is 0 Å². The van der Waals surface area contributed by atoms with Crippen LogP contribution in [0.3, 0.4) is 0 Å². The molecule has 0 bridgehead atoms. The number of nitrogens with zero attached hydrogens (tertiary/aromatic N) is 3. The molecule has 0 spiro atoms. The van der Waals surface area contributed by atoms with Crippen molar-refractivity contribution in [2.45, 2.75) is 32.7 Å². The van der Waals surface area contributed by atoms with Gasteiger partial charge in [0.15, 0.2) is 0 Å². The van der Waals surface area contributed by atoms with Gasteiger partial charge in [0.05, 0.1) is 6.04 Å². The van der Waals surface area contributed by atoms with Crippen molar-refractivity contribution in [3.05, 3.63) is 29.5 Å². The highest BCUT2D eigenvalue weighted by atomic mass is 32.1. The highest BCUT2D eigenvalue weighted by Crippen LogP contribution is 2.27. The van der Waals surface area contributed by atoms with E-state index in [4.69, 9.17) is 0 Å². The third-order valence-corrected chi connectivity index (χ3v) is 3.78. The molecule has 0 aliphatic rings. The van der Waals surface area contributed by atoms with E-state index in [-0.39, 0.29) is 0 Å². The topological polar surface area (TPSA) is 50.7 Å². The Balaban J connectivity index is 2.14. The van der Waals surface area contributed by atoms with Crippen molar-refractivity contribution in [3.63, 3.8) is 0 Å². The lowest BCUT2D eigenvalue weighted by Crippen LogP contribution is -2.21. The minimum Gasteiger partial charge on any atom is -0.308 e. The fraction of sp³-hybridized carbons (Fsp3) is 0.462. The van der Waals surface area contributed by atoms with Crippen LogP contribution < -0.4 is 5.32 Å². The van der Waals surface area contributed by atoms with Gasteiger partial charge < -0.3 is 5.32 Å². The summed E-state index contributed by atoms with van der Waals surface area (Å²) in [6.07, 6.45) is 5.75. The zero-order valence-corrected chi connectivity index (χ0v) is 11.6. The van der Waals surface area contributed by atoms with Crippen LogP contribution in [0.15, 0.2) is 24.5 Å². The van der Waals surface area contributed by atoms with Crippen LogP contribution in [0.5, 0.6) is 0 Å². The molecule has 0 saturated heterocycles. The van der Waals surface area contributed by atoms with E-state index in [9.17, 15) is 0 Å². The van der Waals surface area contributed by atoms with Crippen molar-refractivity contribution in [1.29, 1.82) is 0 Å². The molecule has 0 aromatic carbocycles. The molecule has 4 nitrogen and oxygen atoms in total. The summed E-state index contributed by atoms with van der Waals surface area (Å²) < 4.78 is 0. The molecule has 0 aliphatic carbocycles.